The Hall–Kier alpha value is -3.52. The lowest BCUT2D eigenvalue weighted by atomic mass is 9.92. The van der Waals surface area contributed by atoms with Gasteiger partial charge in [0.15, 0.2) is 0 Å². The minimum atomic E-state index is -1.25. The summed E-state index contributed by atoms with van der Waals surface area (Å²) in [6.07, 6.45) is -0.908. The van der Waals surface area contributed by atoms with E-state index in [1.807, 2.05) is 47.6 Å². The Kier molecular flexibility index (Phi) is 17.4. The Morgan fingerprint density at radius 1 is 0.933 bits per heavy atom. The molecule has 0 saturated carbocycles. The summed E-state index contributed by atoms with van der Waals surface area (Å²) in [6.45, 7) is 14.1. The molecule has 256 valence electrons. The van der Waals surface area contributed by atoms with Crippen LogP contribution in [-0.2, 0) is 35.3 Å². The molecule has 1 rings (SSSR count). The third kappa shape index (κ3) is 15.4. The van der Waals surface area contributed by atoms with Crippen LogP contribution in [0.25, 0.3) is 0 Å². The summed E-state index contributed by atoms with van der Waals surface area (Å²) in [6, 6.07) is -0.949. The number of hydrogen-bond acceptors (Lipinski definition) is 8. The van der Waals surface area contributed by atoms with E-state index in [0.717, 1.165) is 11.4 Å². The van der Waals surface area contributed by atoms with Gasteiger partial charge in [0, 0.05) is 44.8 Å². The summed E-state index contributed by atoms with van der Waals surface area (Å²) in [5, 5.41) is 26.4. The standard InChI is InChI=1S/C31H55N7O7/c1-18(2)13-24(26(39)14-20(5)29(42)35-23(10-12-45-8)30(43)33-17-19(3)4)36-31(44)25(16-27(32)40)34-28(41)9-11-38-22(7)15-21(6)37-38/h15,18-20,23-26,39H,9-14,16-17H2,1-8H3,(H2,32,40)(H,33,43)(H,34,41)(H,35,42)(H,36,44). The van der Waals surface area contributed by atoms with Crippen LogP contribution >= 0.6 is 0 Å². The van der Waals surface area contributed by atoms with Crippen molar-refractivity contribution in [1.29, 1.82) is 0 Å². The lowest BCUT2D eigenvalue weighted by molar-refractivity contribution is -0.133. The highest BCUT2D eigenvalue weighted by Crippen LogP contribution is 2.16. The SMILES string of the molecule is COCCC(NC(=O)C(C)CC(O)C(CC(C)C)NC(=O)C(CC(N)=O)NC(=O)CCn1nc(C)cc1C)C(=O)NCC(C)C. The minimum absolute atomic E-state index is 0.0103. The van der Waals surface area contributed by atoms with Crippen molar-refractivity contribution >= 4 is 29.5 Å². The van der Waals surface area contributed by atoms with Gasteiger partial charge >= 0.3 is 0 Å². The van der Waals surface area contributed by atoms with Crippen LogP contribution in [0.5, 0.6) is 0 Å². The Labute approximate surface area is 267 Å². The number of amides is 5. The maximum absolute atomic E-state index is 13.3. The van der Waals surface area contributed by atoms with Crippen molar-refractivity contribution in [1.82, 2.24) is 31.0 Å². The molecule has 0 fully saturated rings. The molecule has 0 aliphatic rings. The molecule has 14 nitrogen and oxygen atoms in total. The summed E-state index contributed by atoms with van der Waals surface area (Å²) >= 11 is 0. The highest BCUT2D eigenvalue weighted by Gasteiger charge is 2.31. The molecule has 0 bridgehead atoms. The van der Waals surface area contributed by atoms with Gasteiger partial charge in [0.05, 0.1) is 24.3 Å². The van der Waals surface area contributed by atoms with E-state index in [9.17, 15) is 29.1 Å². The smallest absolute Gasteiger partial charge is 0.243 e. The molecule has 1 aromatic heterocycles. The topological polar surface area (TPSA) is 207 Å². The van der Waals surface area contributed by atoms with E-state index in [1.54, 1.807) is 11.6 Å². The lowest BCUT2D eigenvalue weighted by Gasteiger charge is -2.29. The van der Waals surface area contributed by atoms with Crippen molar-refractivity contribution in [3.63, 3.8) is 0 Å². The molecule has 0 saturated heterocycles. The van der Waals surface area contributed by atoms with Crippen LogP contribution in [0.4, 0.5) is 0 Å². The number of aliphatic hydroxyl groups excluding tert-OH is 1. The van der Waals surface area contributed by atoms with Gasteiger partial charge in [-0.05, 0) is 51.0 Å². The number of nitrogens with two attached hydrogens (primary N) is 1. The molecule has 0 spiro atoms. The Balaban J connectivity index is 2.91. The van der Waals surface area contributed by atoms with Gasteiger partial charge in [-0.25, -0.2) is 0 Å². The van der Waals surface area contributed by atoms with E-state index in [0.29, 0.717) is 13.0 Å². The van der Waals surface area contributed by atoms with Gasteiger partial charge in [-0.2, -0.15) is 5.10 Å². The predicted octanol–water partition coefficient (Wildman–Crippen LogP) is 0.462. The largest absolute Gasteiger partial charge is 0.391 e. The summed E-state index contributed by atoms with van der Waals surface area (Å²) < 4.78 is 6.78. The first kappa shape index (κ1) is 39.5. The number of ether oxygens (including phenoxy) is 1. The number of nitrogens with zero attached hydrogens (tertiary/aromatic N) is 2. The molecule has 1 aromatic rings. The molecule has 0 aliphatic heterocycles. The van der Waals surface area contributed by atoms with E-state index >= 15 is 0 Å². The second kappa shape index (κ2) is 19.8. The average Bonchev–Trinajstić information content (AvgIpc) is 3.27. The monoisotopic (exact) mass is 637 g/mol. The van der Waals surface area contributed by atoms with Crippen LogP contribution in [0, 0.1) is 31.6 Å². The number of aryl methyl sites for hydroxylation is 3. The van der Waals surface area contributed by atoms with Crippen molar-refractivity contribution in [2.75, 3.05) is 20.3 Å². The zero-order chi connectivity index (χ0) is 34.3. The molecule has 5 amide bonds. The van der Waals surface area contributed by atoms with Crippen molar-refractivity contribution in [2.24, 2.45) is 23.5 Å². The molecule has 5 unspecified atom stereocenters. The molecule has 5 atom stereocenters. The van der Waals surface area contributed by atoms with E-state index < -0.39 is 60.2 Å². The molecule has 7 N–H and O–H groups in total. The highest BCUT2D eigenvalue weighted by molar-refractivity contribution is 5.92. The fourth-order valence-corrected chi connectivity index (χ4v) is 4.77. The first-order valence-electron chi connectivity index (χ1n) is 15.7. The van der Waals surface area contributed by atoms with E-state index in [-0.39, 0.29) is 50.2 Å². The number of hydrogen-bond donors (Lipinski definition) is 6. The minimum Gasteiger partial charge on any atom is -0.391 e. The van der Waals surface area contributed by atoms with Gasteiger partial charge in [-0.3, -0.25) is 28.7 Å². The first-order valence-corrected chi connectivity index (χ1v) is 15.7. The zero-order valence-corrected chi connectivity index (χ0v) is 28.1. The van der Waals surface area contributed by atoms with Crippen LogP contribution in [0.15, 0.2) is 6.07 Å². The average molecular weight is 638 g/mol. The quantitative estimate of drug-likeness (QED) is 0.111. The van der Waals surface area contributed by atoms with Gasteiger partial charge in [0.25, 0.3) is 0 Å². The normalized spacial score (nSPS) is 14.7. The van der Waals surface area contributed by atoms with Gasteiger partial charge < -0.3 is 36.8 Å². The third-order valence-corrected chi connectivity index (χ3v) is 7.20. The number of nitrogens with one attached hydrogen (secondary N) is 4. The number of primary amides is 1. The maximum Gasteiger partial charge on any atom is 0.243 e. The number of carbonyl (C=O) groups excluding carboxylic acids is 5. The van der Waals surface area contributed by atoms with Crippen molar-refractivity contribution in [3.8, 4) is 0 Å². The predicted molar refractivity (Wildman–Crippen MR) is 170 cm³/mol. The van der Waals surface area contributed by atoms with Crippen LogP contribution in [0.3, 0.4) is 0 Å². The van der Waals surface area contributed by atoms with Gasteiger partial charge in [0.1, 0.15) is 12.1 Å². The Morgan fingerprint density at radius 3 is 2.13 bits per heavy atom. The summed E-state index contributed by atoms with van der Waals surface area (Å²) in [7, 11) is 1.51. The molecule has 0 radical (unpaired) electrons. The third-order valence-electron chi connectivity index (χ3n) is 7.20. The first-order chi connectivity index (χ1) is 21.0. The highest BCUT2D eigenvalue weighted by atomic mass is 16.5. The number of aromatic nitrogens is 2. The fourth-order valence-electron chi connectivity index (χ4n) is 4.77. The summed E-state index contributed by atoms with van der Waals surface area (Å²) in [4.78, 5) is 63.5. The van der Waals surface area contributed by atoms with Gasteiger partial charge in [0.2, 0.25) is 29.5 Å². The number of aliphatic hydroxyl groups is 1. The van der Waals surface area contributed by atoms with Crippen LogP contribution in [-0.4, -0.2) is 88.9 Å². The van der Waals surface area contributed by atoms with Crippen LogP contribution in [0.2, 0.25) is 0 Å². The summed E-state index contributed by atoms with van der Waals surface area (Å²) in [5.41, 5.74) is 7.08. The van der Waals surface area contributed by atoms with Gasteiger partial charge in [-0.1, -0.05) is 34.6 Å². The summed E-state index contributed by atoms with van der Waals surface area (Å²) in [5.74, 6) is -3.06. The molecule has 1 heterocycles. The molecular formula is C31H55N7O7. The second-order valence-corrected chi connectivity index (χ2v) is 12.6. The lowest BCUT2D eigenvalue weighted by Crippen LogP contribution is -2.54. The number of rotatable bonds is 21. The van der Waals surface area contributed by atoms with E-state index in [2.05, 4.69) is 26.4 Å². The van der Waals surface area contributed by atoms with Crippen molar-refractivity contribution in [2.45, 2.75) is 111 Å². The molecule has 45 heavy (non-hydrogen) atoms. The zero-order valence-electron chi connectivity index (χ0n) is 28.1. The molecular weight excluding hydrogens is 582 g/mol. The molecule has 0 aromatic carbocycles. The van der Waals surface area contributed by atoms with E-state index in [1.165, 1.54) is 7.11 Å². The molecule has 14 heteroatoms. The molecule has 0 aliphatic carbocycles. The second-order valence-electron chi connectivity index (χ2n) is 12.6. The number of methoxy groups -OCH3 is 1. The Morgan fingerprint density at radius 2 is 1.60 bits per heavy atom. The van der Waals surface area contributed by atoms with E-state index in [4.69, 9.17) is 10.5 Å². The Bertz CT molecular complexity index is 1120. The fraction of sp³-hybridized carbons (Fsp3) is 0.742. The number of carbonyl (C=O) groups is 5. The maximum atomic E-state index is 13.3. The van der Waals surface area contributed by atoms with Gasteiger partial charge in [-0.15, -0.1) is 0 Å². The van der Waals surface area contributed by atoms with Crippen LogP contribution in [0.1, 0.15) is 78.1 Å². The van der Waals surface area contributed by atoms with Crippen LogP contribution < -0.4 is 27.0 Å². The van der Waals surface area contributed by atoms with Crippen molar-refractivity contribution in [3.05, 3.63) is 17.5 Å². The van der Waals surface area contributed by atoms with Crippen molar-refractivity contribution < 1.29 is 33.8 Å².